The number of thioether (sulfide) groups is 4. The lowest BCUT2D eigenvalue weighted by atomic mass is 10.1. The molecule has 1 atom stereocenters. The molecular weight excluding hydrogens is 985 g/mol. The fraction of sp³-hybridized carbons (Fsp3) is 0.460. The van der Waals surface area contributed by atoms with Crippen molar-refractivity contribution in [3.63, 3.8) is 0 Å². The van der Waals surface area contributed by atoms with E-state index in [4.69, 9.17) is 15.2 Å². The second-order valence-electron chi connectivity index (χ2n) is 15.9. The van der Waals surface area contributed by atoms with E-state index in [9.17, 15) is 13.2 Å². The van der Waals surface area contributed by atoms with Crippen molar-refractivity contribution < 1.29 is 22.7 Å². The standard InChI is InChI=1S/C8H9N.C8H8O.C7H7NO2S.C7H7NS.C4H7N3O.C4H10N2.C4H8OS.C4H8S2.C4H8S/c2*1-2-4-8-6-9-5-7(8)3-1;9-11(10)7-4-2-1-3-6(7)5-8-11;1-2-4-7-6(3-1)5-8-9-7;5-3-1-2-6-4(8)7-3;1-2-4-6-5-3-1;1-3-6-4-2-5-1;1-2-6-4-3-5-1;1-2-4-5-3-1/h1-4,9H,5-6H2;1-4H,5-6H2;1-4,8H,5H2;1-4,8H,5H2;1-3H,5H2,(H2,6,7,8);5-6H,1-4H2;2*1-4H2;1-4H2. The Bertz CT molecular complexity index is 1920. The molecule has 9 aliphatic rings. The van der Waals surface area contributed by atoms with Crippen LogP contribution in [0.25, 0.3) is 0 Å². The van der Waals surface area contributed by atoms with E-state index < -0.39 is 10.0 Å². The Balaban J connectivity index is 0.000000146. The zero-order valence-corrected chi connectivity index (χ0v) is 44.5. The molecule has 1 unspecified atom stereocenters. The largest absolute Gasteiger partial charge is 0.380 e. The van der Waals surface area contributed by atoms with E-state index in [0.717, 1.165) is 64.7 Å². The van der Waals surface area contributed by atoms with Crippen molar-refractivity contribution in [2.24, 2.45) is 5.73 Å². The summed E-state index contributed by atoms with van der Waals surface area (Å²) in [6.45, 7) is 9.35. The zero-order valence-electron chi connectivity index (χ0n) is 39.6. The van der Waals surface area contributed by atoms with Crippen LogP contribution in [0.4, 0.5) is 4.79 Å². The van der Waals surface area contributed by atoms with Gasteiger partial charge in [-0.15, -0.1) is 0 Å². The molecule has 0 bridgehead atoms. The molecule has 69 heavy (non-hydrogen) atoms. The molecule has 0 spiro atoms. The molecule has 9 aliphatic heterocycles. The number of benzene rings is 4. The van der Waals surface area contributed by atoms with E-state index in [1.54, 1.807) is 30.2 Å². The third-order valence-corrected chi connectivity index (χ3v) is 17.6. The molecule has 4 saturated heterocycles. The number of sulfonamides is 1. The summed E-state index contributed by atoms with van der Waals surface area (Å²) < 4.78 is 38.2. The third-order valence-electron chi connectivity index (χ3n) is 10.6. The lowest BCUT2D eigenvalue weighted by molar-refractivity contribution is 0.134. The average Bonchev–Trinajstić information content (AvgIpc) is 4.29. The Hall–Kier alpha value is -2.73. The molecule has 0 saturated carbocycles. The highest BCUT2D eigenvalue weighted by molar-refractivity contribution is 8.06. The molecule has 4 aromatic carbocycles. The number of carbonyl (C=O) groups is 1. The highest BCUT2D eigenvalue weighted by atomic mass is 32.2. The van der Waals surface area contributed by atoms with Crippen LogP contribution in [-0.2, 0) is 58.9 Å². The number of hydrazine groups is 1. The summed E-state index contributed by atoms with van der Waals surface area (Å²) in [5, 5.41) is 8.11. The Morgan fingerprint density at radius 2 is 1.07 bits per heavy atom. The lowest BCUT2D eigenvalue weighted by Gasteiger charge is -2.13. The van der Waals surface area contributed by atoms with Crippen LogP contribution >= 0.6 is 59.0 Å². The number of nitrogens with one attached hydrogen (secondary N) is 7. The van der Waals surface area contributed by atoms with Gasteiger partial charge in [0.25, 0.3) is 0 Å². The number of amides is 2. The highest BCUT2D eigenvalue weighted by Crippen LogP contribution is 2.26. The summed E-state index contributed by atoms with van der Waals surface area (Å²) in [4.78, 5) is 12.1. The number of carbonyl (C=O) groups excluding carboxylic acids is 1. The van der Waals surface area contributed by atoms with Crippen molar-refractivity contribution in [1.29, 1.82) is 0 Å². The number of ether oxygens (including phenoxy) is 2. The van der Waals surface area contributed by atoms with Crippen molar-refractivity contribution in [3.05, 3.63) is 143 Å². The second-order valence-corrected chi connectivity index (χ2v) is 23.5. The number of hydrogen-bond acceptors (Lipinski definition) is 15. The van der Waals surface area contributed by atoms with Gasteiger partial charge in [0.05, 0.1) is 37.5 Å². The van der Waals surface area contributed by atoms with Gasteiger partial charge in [0.1, 0.15) is 0 Å². The van der Waals surface area contributed by atoms with E-state index in [0.29, 0.717) is 11.4 Å². The van der Waals surface area contributed by atoms with Gasteiger partial charge < -0.3 is 31.2 Å². The normalized spacial score (nSPS) is 20.3. The van der Waals surface area contributed by atoms with Gasteiger partial charge >= 0.3 is 6.03 Å². The number of nitrogens with two attached hydrogens (primary N) is 1. The predicted octanol–water partition coefficient (Wildman–Crippen LogP) is 7.98. The molecule has 9 N–H and O–H groups in total. The van der Waals surface area contributed by atoms with Gasteiger partial charge in [-0.2, -0.15) is 47.0 Å². The molecule has 4 aromatic rings. The Kier molecular flexibility index (Phi) is 29.3. The fourth-order valence-corrected chi connectivity index (χ4v) is 12.9. The maximum absolute atomic E-state index is 11.1. The lowest BCUT2D eigenvalue weighted by Crippen LogP contribution is -2.47. The van der Waals surface area contributed by atoms with Gasteiger partial charge in [0.2, 0.25) is 10.0 Å². The Morgan fingerprint density at radius 3 is 1.51 bits per heavy atom. The molecule has 13 rings (SSSR count). The van der Waals surface area contributed by atoms with E-state index in [2.05, 4.69) is 132 Å². The molecule has 0 radical (unpaired) electrons. The maximum atomic E-state index is 11.1. The first-order valence-electron chi connectivity index (χ1n) is 23.7. The maximum Gasteiger partial charge on any atom is 0.320 e. The summed E-state index contributed by atoms with van der Waals surface area (Å²) in [5.41, 5.74) is 19.2. The predicted molar refractivity (Wildman–Crippen MR) is 295 cm³/mol. The smallest absolute Gasteiger partial charge is 0.320 e. The van der Waals surface area contributed by atoms with Crippen LogP contribution in [0.5, 0.6) is 0 Å². The van der Waals surface area contributed by atoms with Crippen LogP contribution in [0.2, 0.25) is 0 Å². The number of rotatable bonds is 0. The summed E-state index contributed by atoms with van der Waals surface area (Å²) >= 11 is 9.91. The first kappa shape index (κ1) is 57.2. The van der Waals surface area contributed by atoms with Gasteiger partial charge in [-0.25, -0.2) is 17.9 Å². The van der Waals surface area contributed by atoms with Crippen LogP contribution in [0, 0.1) is 0 Å². The number of urea groups is 1. The second kappa shape index (κ2) is 35.4. The van der Waals surface area contributed by atoms with Crippen LogP contribution < -0.4 is 42.0 Å². The van der Waals surface area contributed by atoms with E-state index >= 15 is 0 Å². The van der Waals surface area contributed by atoms with Crippen LogP contribution in [0.1, 0.15) is 59.1 Å². The molecule has 0 aromatic heterocycles. The third kappa shape index (κ3) is 24.0. The molecule has 19 heteroatoms. The van der Waals surface area contributed by atoms with Crippen molar-refractivity contribution in [2.75, 3.05) is 72.3 Å². The first-order chi connectivity index (χ1) is 33.9. The van der Waals surface area contributed by atoms with Gasteiger partial charge in [0.15, 0.2) is 0 Å². The highest BCUT2D eigenvalue weighted by Gasteiger charge is 2.24. The zero-order chi connectivity index (χ0) is 48.5. The minimum absolute atomic E-state index is 0.250. The van der Waals surface area contributed by atoms with Crippen molar-refractivity contribution in [1.82, 2.24) is 36.2 Å². The molecule has 2 amide bonds. The van der Waals surface area contributed by atoms with Crippen molar-refractivity contribution in [2.45, 2.75) is 81.0 Å². The van der Waals surface area contributed by atoms with Gasteiger partial charge in [-0.3, -0.25) is 15.6 Å². The van der Waals surface area contributed by atoms with Crippen LogP contribution in [0.15, 0.2) is 119 Å². The molecule has 0 aliphatic carbocycles. The van der Waals surface area contributed by atoms with E-state index in [1.807, 2.05) is 36.0 Å². The molecule has 4 fully saturated rings. The Morgan fingerprint density at radius 1 is 0.551 bits per heavy atom. The molecule has 378 valence electrons. The number of fused-ring (bicyclic) bond motifs is 4. The monoisotopic (exact) mass is 1060 g/mol. The summed E-state index contributed by atoms with van der Waals surface area (Å²) in [7, 11) is -3.16. The topological polar surface area (TPSA) is 180 Å². The fourth-order valence-electron chi connectivity index (χ4n) is 6.91. The number of hydrogen-bond donors (Lipinski definition) is 8. The Labute approximate surface area is 432 Å². The summed E-state index contributed by atoms with van der Waals surface area (Å²) in [6.07, 6.45) is 8.42. The molecular formula is C50H72N8O5S6. The SMILES string of the molecule is C1CCNNC1.C1CCSC1.C1CSCCO1.C1CSCCS1.NC1C=CNC(=O)N1.O=S1(=O)NCc2ccccc21.c1ccc2c(c1)CNC2.c1ccc2c(c1)CNS2.c1ccc2c(c1)COC2. The van der Waals surface area contributed by atoms with Gasteiger partial charge in [-0.05, 0) is 101 Å². The van der Waals surface area contributed by atoms with E-state index in [-0.39, 0.29) is 12.2 Å². The minimum Gasteiger partial charge on any atom is -0.380 e. The summed E-state index contributed by atoms with van der Waals surface area (Å²) in [6, 6.07) is 32.0. The van der Waals surface area contributed by atoms with Gasteiger partial charge in [0, 0.05) is 84.9 Å². The average molecular weight is 1060 g/mol. The summed E-state index contributed by atoms with van der Waals surface area (Å²) in [5.74, 6) is 10.7. The van der Waals surface area contributed by atoms with Crippen LogP contribution in [-0.4, -0.2) is 92.9 Å². The van der Waals surface area contributed by atoms with Crippen LogP contribution in [0.3, 0.4) is 0 Å². The van der Waals surface area contributed by atoms with Crippen molar-refractivity contribution >= 4 is 75.0 Å². The molecule has 9 heterocycles. The van der Waals surface area contributed by atoms with Crippen molar-refractivity contribution in [3.8, 4) is 0 Å². The van der Waals surface area contributed by atoms with Gasteiger partial charge in [-0.1, -0.05) is 84.9 Å². The quantitative estimate of drug-likeness (QED) is 0.0795. The minimum atomic E-state index is -3.16. The molecule has 13 nitrogen and oxygen atoms in total. The van der Waals surface area contributed by atoms with E-state index in [1.165, 1.54) is 111 Å². The first-order valence-corrected chi connectivity index (χ1v) is 30.6.